The van der Waals surface area contributed by atoms with E-state index in [1.54, 1.807) is 4.68 Å². The summed E-state index contributed by atoms with van der Waals surface area (Å²) in [6.07, 6.45) is 6.50. The van der Waals surface area contributed by atoms with Gasteiger partial charge in [-0.05, 0) is 49.8 Å². The van der Waals surface area contributed by atoms with E-state index in [9.17, 15) is 9.59 Å². The number of nitrogens with one attached hydrogen (secondary N) is 2. The highest BCUT2D eigenvalue weighted by molar-refractivity contribution is 6.18. The molecule has 0 spiro atoms. The highest BCUT2D eigenvalue weighted by Gasteiger charge is 2.26. The number of methoxy groups -OCH3 is 1. The number of Topliss-reactive ketones (excluding diaryl/α,β-unsaturated/α-hetero) is 1. The molecular formula is C27H27N7O3. The number of aromatic nitrogens is 3. The highest BCUT2D eigenvalue weighted by atomic mass is 16.5. The van der Waals surface area contributed by atoms with Gasteiger partial charge < -0.3 is 15.4 Å². The van der Waals surface area contributed by atoms with Gasteiger partial charge in [-0.3, -0.25) is 14.6 Å². The third kappa shape index (κ3) is 5.18. The van der Waals surface area contributed by atoms with Crippen LogP contribution < -0.4 is 10.6 Å². The topological polar surface area (TPSA) is 123 Å². The van der Waals surface area contributed by atoms with Crippen LogP contribution in [0.3, 0.4) is 0 Å². The Hall–Kier alpha value is -4.60. The number of para-hydroxylation sites is 1. The third-order valence-electron chi connectivity index (χ3n) is 6.11. The second-order valence-corrected chi connectivity index (χ2v) is 8.74. The van der Waals surface area contributed by atoms with Crippen LogP contribution in [0.15, 0.2) is 76.4 Å². The predicted octanol–water partition coefficient (Wildman–Crippen LogP) is 2.80. The van der Waals surface area contributed by atoms with Crippen molar-refractivity contribution in [1.82, 2.24) is 25.6 Å². The first-order chi connectivity index (χ1) is 18.0. The number of ketones is 1. The number of fused-ring (bicyclic) bond motifs is 2. The number of hydrogen-bond donors (Lipinski definition) is 2. The first kappa shape index (κ1) is 24.1. The van der Waals surface area contributed by atoms with Gasteiger partial charge in [-0.2, -0.15) is 0 Å². The molecule has 37 heavy (non-hydrogen) atoms. The quantitative estimate of drug-likeness (QED) is 0.481. The molecule has 0 radical (unpaired) electrons. The van der Waals surface area contributed by atoms with E-state index in [2.05, 4.69) is 20.9 Å². The largest absolute Gasteiger partial charge is 0.469 e. The molecule has 0 amide bonds. The molecule has 10 nitrogen and oxygen atoms in total. The number of hydrogen-bond acceptors (Lipinski definition) is 9. The van der Waals surface area contributed by atoms with Crippen LogP contribution in [0.25, 0.3) is 16.7 Å². The van der Waals surface area contributed by atoms with Gasteiger partial charge in [0.25, 0.3) is 0 Å². The van der Waals surface area contributed by atoms with E-state index in [-0.39, 0.29) is 24.7 Å². The summed E-state index contributed by atoms with van der Waals surface area (Å²) < 4.78 is 6.64. The lowest BCUT2D eigenvalue weighted by atomic mass is 10.0. The summed E-state index contributed by atoms with van der Waals surface area (Å²) in [5.41, 5.74) is 5.54. The van der Waals surface area contributed by atoms with Crippen molar-refractivity contribution in [2.45, 2.75) is 25.8 Å². The molecule has 1 atom stereocenters. The van der Waals surface area contributed by atoms with E-state index < -0.39 is 6.04 Å². The molecule has 188 valence electrons. The minimum Gasteiger partial charge on any atom is -0.469 e. The lowest BCUT2D eigenvalue weighted by Crippen LogP contribution is -2.37. The van der Waals surface area contributed by atoms with Crippen molar-refractivity contribution in [3.8, 4) is 5.69 Å². The fraction of sp³-hybridized carbons (Fsp3) is 0.259. The van der Waals surface area contributed by atoms with Gasteiger partial charge in [0.2, 0.25) is 0 Å². The van der Waals surface area contributed by atoms with E-state index in [0.29, 0.717) is 30.2 Å². The van der Waals surface area contributed by atoms with Crippen molar-refractivity contribution >= 4 is 40.0 Å². The molecule has 2 aliphatic rings. The average molecular weight is 498 g/mol. The Morgan fingerprint density at radius 2 is 2.08 bits per heavy atom. The minimum atomic E-state index is -0.481. The van der Waals surface area contributed by atoms with Gasteiger partial charge in [0.1, 0.15) is 23.2 Å². The normalized spacial score (nSPS) is 16.6. The van der Waals surface area contributed by atoms with Crippen LogP contribution in [0.2, 0.25) is 0 Å². The molecule has 0 aliphatic carbocycles. The van der Waals surface area contributed by atoms with E-state index in [1.165, 1.54) is 14.0 Å². The number of carbonyl (C=O) groups excluding carboxylic acids is 2. The maximum atomic E-state index is 12.0. The van der Waals surface area contributed by atoms with Crippen molar-refractivity contribution in [2.75, 3.05) is 20.2 Å². The van der Waals surface area contributed by atoms with Gasteiger partial charge in [-0.25, -0.2) is 9.67 Å². The first-order valence-electron chi connectivity index (χ1n) is 12.1. The molecule has 0 saturated carbocycles. The maximum Gasteiger partial charge on any atom is 0.305 e. The van der Waals surface area contributed by atoms with Gasteiger partial charge in [-0.15, -0.1) is 5.10 Å². The Balaban J connectivity index is 1.65. The second-order valence-electron chi connectivity index (χ2n) is 8.74. The monoisotopic (exact) mass is 497 g/mol. The van der Waals surface area contributed by atoms with E-state index in [0.717, 1.165) is 28.0 Å². The van der Waals surface area contributed by atoms with Crippen LogP contribution >= 0.6 is 0 Å². The van der Waals surface area contributed by atoms with Crippen LogP contribution in [0.4, 0.5) is 5.69 Å². The standard InChI is InChI=1S/C27H27N7O3/c1-17(35)16-29-27-23(12-13-25(36)37-2)30-26(22-8-5-6-14-28-22)19-15-18(10-11-20(19)31-27)34-24-9-4-3-7-21(24)32-33-34/h3-11,15,23,28H,12-14,16H2,1-2H3,(H,29,31)/t23-/m0/s1. The van der Waals surface area contributed by atoms with Crippen LogP contribution in [-0.2, 0) is 14.3 Å². The Labute approximate surface area is 213 Å². The van der Waals surface area contributed by atoms with Gasteiger partial charge in [-0.1, -0.05) is 29.5 Å². The molecule has 3 heterocycles. The van der Waals surface area contributed by atoms with Crippen LogP contribution in [0.1, 0.15) is 25.3 Å². The second kappa shape index (κ2) is 10.6. The summed E-state index contributed by atoms with van der Waals surface area (Å²) in [5, 5.41) is 15.2. The van der Waals surface area contributed by atoms with Gasteiger partial charge >= 0.3 is 5.97 Å². The zero-order valence-electron chi connectivity index (χ0n) is 20.6. The number of amidine groups is 1. The van der Waals surface area contributed by atoms with E-state index >= 15 is 0 Å². The zero-order chi connectivity index (χ0) is 25.8. The smallest absolute Gasteiger partial charge is 0.305 e. The van der Waals surface area contributed by atoms with Crippen LogP contribution in [0.5, 0.6) is 0 Å². The van der Waals surface area contributed by atoms with Gasteiger partial charge in [0.15, 0.2) is 0 Å². The van der Waals surface area contributed by atoms with Crippen molar-refractivity contribution in [2.24, 2.45) is 9.98 Å². The lowest BCUT2D eigenvalue weighted by molar-refractivity contribution is -0.140. The Bertz CT molecular complexity index is 1480. The van der Waals surface area contributed by atoms with E-state index in [1.807, 2.05) is 60.7 Å². The van der Waals surface area contributed by atoms with Crippen molar-refractivity contribution in [3.05, 3.63) is 72.0 Å². The summed E-state index contributed by atoms with van der Waals surface area (Å²) in [7, 11) is 1.36. The molecule has 3 aromatic rings. The summed E-state index contributed by atoms with van der Waals surface area (Å²) >= 11 is 0. The molecule has 0 unspecified atom stereocenters. The molecule has 10 heteroatoms. The summed E-state index contributed by atoms with van der Waals surface area (Å²) in [6, 6.07) is 13.1. The number of dihydropyridines is 1. The number of carbonyl (C=O) groups is 2. The summed E-state index contributed by atoms with van der Waals surface area (Å²) in [5.74, 6) is 0.169. The Kier molecular flexibility index (Phi) is 6.89. The van der Waals surface area contributed by atoms with Gasteiger partial charge in [0.05, 0.1) is 42.0 Å². The van der Waals surface area contributed by atoms with Crippen molar-refractivity contribution in [3.63, 3.8) is 0 Å². The number of ether oxygens (including phenoxy) is 1. The molecule has 5 rings (SSSR count). The maximum absolute atomic E-state index is 12.0. The lowest BCUT2D eigenvalue weighted by Gasteiger charge is -2.18. The zero-order valence-corrected chi connectivity index (χ0v) is 20.6. The van der Waals surface area contributed by atoms with E-state index in [4.69, 9.17) is 14.7 Å². The number of allylic oxidation sites excluding steroid dienone is 3. The SMILES string of the molecule is COC(=O)CC[C@@H]1N=C(C2=CC=CCN2)c2cc(-n3nnc4ccccc43)ccc2N=C1NCC(C)=O. The molecular weight excluding hydrogens is 470 g/mol. The Morgan fingerprint density at radius 3 is 2.86 bits per heavy atom. The number of benzene rings is 2. The fourth-order valence-electron chi connectivity index (χ4n) is 4.26. The molecule has 0 fully saturated rings. The number of nitrogens with zero attached hydrogens (tertiary/aromatic N) is 5. The molecule has 0 saturated heterocycles. The number of aliphatic imine (C=N–C) groups is 2. The molecule has 1 aromatic heterocycles. The molecule has 2 aromatic carbocycles. The number of esters is 1. The molecule has 2 aliphatic heterocycles. The van der Waals surface area contributed by atoms with Crippen molar-refractivity contribution < 1.29 is 14.3 Å². The van der Waals surface area contributed by atoms with Crippen molar-refractivity contribution in [1.29, 1.82) is 0 Å². The fourth-order valence-corrected chi connectivity index (χ4v) is 4.26. The van der Waals surface area contributed by atoms with Crippen LogP contribution in [0, 0.1) is 0 Å². The average Bonchev–Trinajstić information content (AvgIpc) is 3.29. The highest BCUT2D eigenvalue weighted by Crippen LogP contribution is 2.30. The van der Waals surface area contributed by atoms with Crippen LogP contribution in [-0.4, -0.2) is 64.5 Å². The summed E-state index contributed by atoms with van der Waals surface area (Å²) in [4.78, 5) is 33.7. The van der Waals surface area contributed by atoms with Gasteiger partial charge in [0, 0.05) is 18.5 Å². The summed E-state index contributed by atoms with van der Waals surface area (Å²) in [6.45, 7) is 2.28. The molecule has 2 N–H and O–H groups in total. The number of rotatable bonds is 7. The predicted molar refractivity (Wildman–Crippen MR) is 141 cm³/mol. The first-order valence-corrected chi connectivity index (χ1v) is 12.1. The third-order valence-corrected chi connectivity index (χ3v) is 6.11. The molecule has 0 bridgehead atoms. The Morgan fingerprint density at radius 1 is 1.22 bits per heavy atom. The minimum absolute atomic E-state index is 0.0294.